The van der Waals surface area contributed by atoms with Gasteiger partial charge in [-0.15, -0.1) is 0 Å². The summed E-state index contributed by atoms with van der Waals surface area (Å²) in [5.41, 5.74) is 2.43. The van der Waals surface area contributed by atoms with E-state index in [0.29, 0.717) is 30.2 Å². The van der Waals surface area contributed by atoms with Crippen molar-refractivity contribution in [1.29, 1.82) is 0 Å². The molecule has 3 saturated heterocycles. The largest absolute Gasteiger partial charge is 0.497 e. The summed E-state index contributed by atoms with van der Waals surface area (Å²) in [6.45, 7) is 4.90. The molecule has 4 heterocycles. The van der Waals surface area contributed by atoms with E-state index in [0.717, 1.165) is 50.5 Å². The molecule has 0 spiro atoms. The van der Waals surface area contributed by atoms with Gasteiger partial charge < -0.3 is 9.64 Å². The lowest BCUT2D eigenvalue weighted by atomic mass is 9.70. The van der Waals surface area contributed by atoms with E-state index in [4.69, 9.17) is 4.74 Å². The minimum atomic E-state index is 0.262. The predicted molar refractivity (Wildman–Crippen MR) is 119 cm³/mol. The Morgan fingerprint density at radius 1 is 1.13 bits per heavy atom. The van der Waals surface area contributed by atoms with Crippen LogP contribution in [0, 0.1) is 18.8 Å². The van der Waals surface area contributed by atoms with Crippen LogP contribution in [0.1, 0.15) is 42.6 Å². The van der Waals surface area contributed by atoms with Gasteiger partial charge in [0.15, 0.2) is 0 Å². The maximum absolute atomic E-state index is 13.1. The van der Waals surface area contributed by atoms with E-state index in [1.165, 1.54) is 17.5 Å². The number of methoxy groups -OCH3 is 1. The fourth-order valence-corrected chi connectivity index (χ4v) is 6.06. The highest BCUT2D eigenvalue weighted by atomic mass is 16.5. The lowest BCUT2D eigenvalue weighted by Gasteiger charge is -2.57. The van der Waals surface area contributed by atoms with E-state index in [-0.39, 0.29) is 6.04 Å². The molecule has 3 fully saturated rings. The van der Waals surface area contributed by atoms with Crippen molar-refractivity contribution in [3.8, 4) is 5.75 Å². The molecule has 1 aromatic carbocycles. The number of ether oxygens (including phenoxy) is 1. The van der Waals surface area contributed by atoms with Crippen molar-refractivity contribution in [1.82, 2.24) is 19.8 Å². The van der Waals surface area contributed by atoms with Gasteiger partial charge in [0.05, 0.1) is 7.11 Å². The lowest BCUT2D eigenvalue weighted by Crippen LogP contribution is -2.65. The van der Waals surface area contributed by atoms with E-state index in [2.05, 4.69) is 38.0 Å². The Balaban J connectivity index is 1.40. The number of nitrogens with zero attached hydrogens (tertiary/aromatic N) is 4. The number of likely N-dealkylation sites (tertiary alicyclic amines) is 1. The maximum atomic E-state index is 13.1. The van der Waals surface area contributed by atoms with Crippen LogP contribution in [0.2, 0.25) is 0 Å². The smallest absolute Gasteiger partial charge is 0.223 e. The number of hydrogen-bond acceptors (Lipinski definition) is 5. The highest BCUT2D eigenvalue weighted by molar-refractivity contribution is 5.78. The molecular formula is C25H32N4O2. The van der Waals surface area contributed by atoms with Crippen molar-refractivity contribution >= 4 is 5.91 Å². The van der Waals surface area contributed by atoms with Gasteiger partial charge in [-0.3, -0.25) is 9.69 Å². The molecule has 2 bridgehead atoms. The molecular weight excluding hydrogens is 388 g/mol. The first-order chi connectivity index (χ1) is 15.1. The molecule has 31 heavy (non-hydrogen) atoms. The average Bonchev–Trinajstić information content (AvgIpc) is 2.78. The normalized spacial score (nSPS) is 28.3. The van der Waals surface area contributed by atoms with E-state index in [9.17, 15) is 4.79 Å². The Labute approximate surface area is 184 Å². The average molecular weight is 421 g/mol. The fraction of sp³-hybridized carbons (Fsp3) is 0.560. The van der Waals surface area contributed by atoms with E-state index >= 15 is 0 Å². The van der Waals surface area contributed by atoms with Gasteiger partial charge in [0.2, 0.25) is 5.91 Å². The standard InChI is InChI=1S/C25H32N4O2/c1-17-26-12-19(13-27-17)14-28-15-20-11-21(16-28)24(29-23(20)7-4-8-25(29)30)10-18-5-3-6-22(9-18)31-2/h3,5-6,9,12-13,20-21,23-24H,4,7-8,10-11,14-16H2,1-2H3/t20-,21+,23+,24+/m1/s1. The SMILES string of the molecule is COc1cccc(C[C@H]2[C@H]3C[C@H](CN(Cc4cnc(C)nc4)C3)[C@@H]3CCCC(=O)N32)c1. The summed E-state index contributed by atoms with van der Waals surface area (Å²) in [5.74, 6) is 3.12. The highest BCUT2D eigenvalue weighted by Crippen LogP contribution is 2.43. The number of fused-ring (bicyclic) bond motifs is 4. The summed E-state index contributed by atoms with van der Waals surface area (Å²) < 4.78 is 5.44. The summed E-state index contributed by atoms with van der Waals surface area (Å²) in [7, 11) is 1.71. The Morgan fingerprint density at radius 2 is 1.94 bits per heavy atom. The van der Waals surface area contributed by atoms with E-state index in [1.54, 1.807) is 7.11 Å². The second-order valence-electron chi connectivity index (χ2n) is 9.47. The molecule has 1 amide bonds. The topological polar surface area (TPSA) is 58.6 Å². The van der Waals surface area contributed by atoms with Crippen molar-refractivity contribution in [3.05, 3.63) is 53.6 Å². The van der Waals surface area contributed by atoms with Crippen molar-refractivity contribution < 1.29 is 9.53 Å². The van der Waals surface area contributed by atoms with Crippen molar-refractivity contribution in [3.63, 3.8) is 0 Å². The summed E-state index contributed by atoms with van der Waals surface area (Å²) >= 11 is 0. The quantitative estimate of drug-likeness (QED) is 0.743. The van der Waals surface area contributed by atoms with Crippen molar-refractivity contribution in [2.75, 3.05) is 20.2 Å². The number of carbonyl (C=O) groups excluding carboxylic acids is 1. The number of aromatic nitrogens is 2. The number of amides is 1. The highest BCUT2D eigenvalue weighted by Gasteiger charge is 2.49. The Kier molecular flexibility index (Phi) is 5.65. The summed E-state index contributed by atoms with van der Waals surface area (Å²) in [6, 6.07) is 8.98. The third-order valence-corrected chi connectivity index (χ3v) is 7.39. The minimum absolute atomic E-state index is 0.262. The van der Waals surface area contributed by atoms with Crippen LogP contribution in [0.3, 0.4) is 0 Å². The first-order valence-electron chi connectivity index (χ1n) is 11.5. The zero-order chi connectivity index (χ0) is 21.4. The molecule has 0 saturated carbocycles. The van der Waals surface area contributed by atoms with Gasteiger partial charge in [0.25, 0.3) is 0 Å². The number of piperidine rings is 3. The van der Waals surface area contributed by atoms with E-state index < -0.39 is 0 Å². The Morgan fingerprint density at radius 3 is 2.74 bits per heavy atom. The second-order valence-corrected chi connectivity index (χ2v) is 9.47. The first-order valence-corrected chi connectivity index (χ1v) is 11.5. The lowest BCUT2D eigenvalue weighted by molar-refractivity contribution is -0.152. The van der Waals surface area contributed by atoms with Crippen LogP contribution in [0.5, 0.6) is 5.75 Å². The van der Waals surface area contributed by atoms with Gasteiger partial charge in [-0.05, 0) is 62.1 Å². The maximum Gasteiger partial charge on any atom is 0.223 e. The van der Waals surface area contributed by atoms with Crippen LogP contribution in [0.4, 0.5) is 0 Å². The molecule has 6 heteroatoms. The van der Waals surface area contributed by atoms with Gasteiger partial charge in [0.1, 0.15) is 11.6 Å². The first kappa shape index (κ1) is 20.4. The summed E-state index contributed by atoms with van der Waals surface area (Å²) in [6.07, 6.45) is 8.91. The number of rotatable bonds is 5. The minimum Gasteiger partial charge on any atom is -0.497 e. The van der Waals surface area contributed by atoms with E-state index in [1.807, 2.05) is 25.4 Å². The van der Waals surface area contributed by atoms with Gasteiger partial charge in [0, 0.05) is 56.1 Å². The fourth-order valence-electron chi connectivity index (χ4n) is 6.06. The molecule has 0 unspecified atom stereocenters. The summed E-state index contributed by atoms with van der Waals surface area (Å²) in [4.78, 5) is 26.7. The number of carbonyl (C=O) groups is 1. The molecule has 6 nitrogen and oxygen atoms in total. The third-order valence-electron chi connectivity index (χ3n) is 7.39. The molecule has 2 aromatic rings. The number of hydrogen-bond donors (Lipinski definition) is 0. The number of aryl methyl sites for hydroxylation is 1. The molecule has 164 valence electrons. The zero-order valence-electron chi connectivity index (χ0n) is 18.5. The van der Waals surface area contributed by atoms with Gasteiger partial charge in [-0.1, -0.05) is 12.1 Å². The van der Waals surface area contributed by atoms with Crippen LogP contribution in [-0.4, -0.2) is 58.0 Å². The predicted octanol–water partition coefficient (Wildman–Crippen LogP) is 3.24. The molecule has 3 aliphatic heterocycles. The van der Waals surface area contributed by atoms with Crippen LogP contribution in [-0.2, 0) is 17.8 Å². The molecule has 5 rings (SSSR count). The van der Waals surface area contributed by atoms with Gasteiger partial charge in [-0.25, -0.2) is 9.97 Å². The molecule has 1 aromatic heterocycles. The molecule has 0 radical (unpaired) electrons. The summed E-state index contributed by atoms with van der Waals surface area (Å²) in [5, 5.41) is 0. The molecule has 3 aliphatic rings. The number of benzene rings is 1. The van der Waals surface area contributed by atoms with Crippen molar-refractivity contribution in [2.45, 2.75) is 57.7 Å². The van der Waals surface area contributed by atoms with Crippen LogP contribution < -0.4 is 4.74 Å². The van der Waals surface area contributed by atoms with Gasteiger partial charge >= 0.3 is 0 Å². The molecule has 4 atom stereocenters. The monoisotopic (exact) mass is 420 g/mol. The zero-order valence-corrected chi connectivity index (χ0v) is 18.5. The second kappa shape index (κ2) is 8.58. The molecule has 0 aliphatic carbocycles. The van der Waals surface area contributed by atoms with Crippen molar-refractivity contribution in [2.24, 2.45) is 11.8 Å². The van der Waals surface area contributed by atoms with Crippen LogP contribution in [0.15, 0.2) is 36.7 Å². The Hall–Kier alpha value is -2.47. The molecule has 0 N–H and O–H groups in total. The van der Waals surface area contributed by atoms with Crippen LogP contribution in [0.25, 0.3) is 0 Å². The van der Waals surface area contributed by atoms with Gasteiger partial charge in [-0.2, -0.15) is 0 Å². The van der Waals surface area contributed by atoms with Crippen LogP contribution >= 0.6 is 0 Å². The Bertz CT molecular complexity index is 931. The third kappa shape index (κ3) is 4.18.